The zero-order valence-corrected chi connectivity index (χ0v) is 14.9. The van der Waals surface area contributed by atoms with E-state index < -0.39 is 0 Å². The second-order valence-electron chi connectivity index (χ2n) is 5.37. The van der Waals surface area contributed by atoms with Crippen LogP contribution in [0, 0.1) is 13.8 Å². The molecule has 0 spiro atoms. The summed E-state index contributed by atoms with van der Waals surface area (Å²) in [6.07, 6.45) is 1.46. The predicted octanol–water partition coefficient (Wildman–Crippen LogP) is 3.22. The molecule has 1 heterocycles. The summed E-state index contributed by atoms with van der Waals surface area (Å²) in [7, 11) is 2.01. The summed E-state index contributed by atoms with van der Waals surface area (Å²) < 4.78 is 0. The van der Waals surface area contributed by atoms with Gasteiger partial charge in [0.25, 0.3) is 0 Å². The monoisotopic (exact) mass is 335 g/mol. The van der Waals surface area contributed by atoms with E-state index in [-0.39, 0.29) is 6.61 Å². The molecule has 0 aliphatic carbocycles. The van der Waals surface area contributed by atoms with Gasteiger partial charge in [-0.1, -0.05) is 17.7 Å². The minimum atomic E-state index is 0.232. The van der Waals surface area contributed by atoms with Crippen LogP contribution >= 0.6 is 11.3 Å². The smallest absolute Gasteiger partial charge is 0.211 e. The van der Waals surface area contributed by atoms with Gasteiger partial charge in [0.2, 0.25) is 6.41 Å². The maximum absolute atomic E-state index is 9.95. The van der Waals surface area contributed by atoms with Gasteiger partial charge in [-0.2, -0.15) is 0 Å². The molecule has 1 atom stereocenters. The molecule has 23 heavy (non-hydrogen) atoms. The number of benzene rings is 1. The summed E-state index contributed by atoms with van der Waals surface area (Å²) in [6.45, 7) is 6.32. The lowest BCUT2D eigenvalue weighted by Crippen LogP contribution is -2.29. The zero-order valence-electron chi connectivity index (χ0n) is 14.1. The normalized spacial score (nSPS) is 11.2. The first-order chi connectivity index (χ1) is 11.0. The van der Waals surface area contributed by atoms with Crippen molar-refractivity contribution in [1.82, 2.24) is 4.98 Å². The van der Waals surface area contributed by atoms with Crippen LogP contribution in [0.2, 0.25) is 0 Å². The number of rotatable bonds is 6. The maximum Gasteiger partial charge on any atom is 0.211 e. The predicted molar refractivity (Wildman–Crippen MR) is 97.3 cm³/mol. The van der Waals surface area contributed by atoms with Gasteiger partial charge in [-0.3, -0.25) is 4.79 Å². The zero-order chi connectivity index (χ0) is 17.2. The molecule has 0 radical (unpaired) electrons. The van der Waals surface area contributed by atoms with E-state index in [1.807, 2.05) is 50.5 Å². The number of aliphatic hydroxyl groups excluding tert-OH is 1. The van der Waals surface area contributed by atoms with Crippen LogP contribution in [-0.4, -0.2) is 36.2 Å². The van der Waals surface area contributed by atoms with Crippen LogP contribution in [0.25, 0.3) is 0 Å². The Morgan fingerprint density at radius 1 is 1.35 bits per heavy atom. The standard InChI is InChI=1S/C9H16N2OS.C8H9NO/c1-7-6-13-9(10-7)11(3)8(2)4-5-12;1-7-2-4-8(5-3-7)9-6-10/h6,8,12H,4-5H2,1-3H3;2-6H,1H3,(H,9,10). The lowest BCUT2D eigenvalue weighted by molar-refractivity contribution is -0.105. The van der Waals surface area contributed by atoms with E-state index >= 15 is 0 Å². The molecule has 1 aromatic carbocycles. The number of aromatic nitrogens is 1. The summed E-state index contributed by atoms with van der Waals surface area (Å²) in [5.41, 5.74) is 3.08. The van der Waals surface area contributed by atoms with Crippen molar-refractivity contribution in [3.63, 3.8) is 0 Å². The Kier molecular flexibility index (Phi) is 8.29. The average molecular weight is 335 g/mol. The van der Waals surface area contributed by atoms with Crippen molar-refractivity contribution in [2.75, 3.05) is 23.9 Å². The molecule has 0 bridgehead atoms. The van der Waals surface area contributed by atoms with E-state index in [1.54, 1.807) is 11.3 Å². The van der Waals surface area contributed by atoms with Crippen molar-refractivity contribution in [2.24, 2.45) is 0 Å². The molecule has 2 aromatic rings. The molecule has 0 saturated heterocycles. The molecule has 2 N–H and O–H groups in total. The Morgan fingerprint density at radius 3 is 2.48 bits per heavy atom. The van der Waals surface area contributed by atoms with Crippen molar-refractivity contribution < 1.29 is 9.90 Å². The minimum absolute atomic E-state index is 0.232. The molecule has 1 aromatic heterocycles. The molecular weight excluding hydrogens is 310 g/mol. The SMILES string of the molecule is Cc1ccc(NC=O)cc1.Cc1csc(N(C)C(C)CCO)n1. The fourth-order valence-corrected chi connectivity index (χ4v) is 2.66. The van der Waals surface area contributed by atoms with Crippen LogP contribution in [-0.2, 0) is 4.79 Å². The molecule has 1 amide bonds. The Bertz CT molecular complexity index is 584. The number of hydrogen-bond donors (Lipinski definition) is 2. The highest BCUT2D eigenvalue weighted by molar-refractivity contribution is 7.13. The number of aryl methyl sites for hydroxylation is 2. The lowest BCUT2D eigenvalue weighted by atomic mass is 10.2. The molecule has 0 aliphatic heterocycles. The van der Waals surface area contributed by atoms with E-state index in [1.165, 1.54) is 5.56 Å². The molecule has 2 rings (SSSR count). The summed E-state index contributed by atoms with van der Waals surface area (Å²) in [5.74, 6) is 0. The van der Waals surface area contributed by atoms with E-state index in [0.717, 1.165) is 22.9 Å². The largest absolute Gasteiger partial charge is 0.396 e. The van der Waals surface area contributed by atoms with Crippen molar-refractivity contribution in [1.29, 1.82) is 0 Å². The third kappa shape index (κ3) is 6.80. The Hall–Kier alpha value is -1.92. The second kappa shape index (κ2) is 9.97. The van der Waals surface area contributed by atoms with E-state index in [4.69, 9.17) is 5.11 Å². The molecule has 1 unspecified atom stereocenters. The van der Waals surface area contributed by atoms with Crippen LogP contribution in [0.5, 0.6) is 0 Å². The van der Waals surface area contributed by atoms with Crippen LogP contribution in [0.1, 0.15) is 24.6 Å². The third-order valence-corrected chi connectivity index (χ3v) is 4.44. The highest BCUT2D eigenvalue weighted by atomic mass is 32.1. The molecule has 6 heteroatoms. The summed E-state index contributed by atoms with van der Waals surface area (Å²) in [4.78, 5) is 16.4. The molecule has 126 valence electrons. The van der Waals surface area contributed by atoms with Crippen molar-refractivity contribution >= 4 is 28.6 Å². The molecule has 5 nitrogen and oxygen atoms in total. The van der Waals surface area contributed by atoms with Gasteiger partial charge in [0, 0.05) is 30.8 Å². The van der Waals surface area contributed by atoms with Gasteiger partial charge in [-0.15, -0.1) is 11.3 Å². The van der Waals surface area contributed by atoms with Gasteiger partial charge in [-0.05, 0) is 39.3 Å². The number of carbonyl (C=O) groups is 1. The minimum Gasteiger partial charge on any atom is -0.396 e. The van der Waals surface area contributed by atoms with Crippen LogP contribution in [0.4, 0.5) is 10.8 Å². The fourth-order valence-electron chi connectivity index (χ4n) is 1.79. The molecule has 0 aliphatic rings. The number of amides is 1. The first-order valence-corrected chi connectivity index (χ1v) is 8.38. The van der Waals surface area contributed by atoms with Gasteiger partial charge < -0.3 is 15.3 Å². The average Bonchev–Trinajstić information content (AvgIpc) is 2.96. The van der Waals surface area contributed by atoms with Crippen LogP contribution in [0.15, 0.2) is 29.6 Å². The first-order valence-electron chi connectivity index (χ1n) is 7.50. The molecule has 0 saturated carbocycles. The van der Waals surface area contributed by atoms with Crippen LogP contribution in [0.3, 0.4) is 0 Å². The van der Waals surface area contributed by atoms with Gasteiger partial charge in [0.15, 0.2) is 5.13 Å². The van der Waals surface area contributed by atoms with Gasteiger partial charge in [0.1, 0.15) is 0 Å². The topological polar surface area (TPSA) is 65.5 Å². The number of carbonyl (C=O) groups excluding carboxylic acids is 1. The number of anilines is 2. The maximum atomic E-state index is 9.95. The highest BCUT2D eigenvalue weighted by Crippen LogP contribution is 2.21. The van der Waals surface area contributed by atoms with Crippen molar-refractivity contribution in [3.05, 3.63) is 40.9 Å². The molecular formula is C17H25N3O2S. The quantitative estimate of drug-likeness (QED) is 0.796. The number of thiazole rings is 1. The molecule has 0 fully saturated rings. The van der Waals surface area contributed by atoms with Gasteiger partial charge in [0.05, 0.1) is 5.69 Å². The van der Waals surface area contributed by atoms with Gasteiger partial charge >= 0.3 is 0 Å². The number of hydrogen-bond acceptors (Lipinski definition) is 5. The Labute approximate surface area is 142 Å². The first kappa shape index (κ1) is 19.1. The number of aliphatic hydroxyl groups is 1. The third-order valence-electron chi connectivity index (χ3n) is 3.39. The summed E-state index contributed by atoms with van der Waals surface area (Å²) in [5, 5.41) is 14.4. The number of nitrogens with one attached hydrogen (secondary N) is 1. The Balaban J connectivity index is 0.000000238. The fraction of sp³-hybridized carbons (Fsp3) is 0.412. The van der Waals surface area contributed by atoms with E-state index in [0.29, 0.717) is 12.5 Å². The second-order valence-corrected chi connectivity index (χ2v) is 6.21. The summed E-state index contributed by atoms with van der Waals surface area (Å²) in [6, 6.07) is 7.97. The van der Waals surface area contributed by atoms with E-state index in [2.05, 4.69) is 22.1 Å². The Morgan fingerprint density at radius 2 is 2.00 bits per heavy atom. The number of nitrogens with zero attached hydrogens (tertiary/aromatic N) is 2. The highest BCUT2D eigenvalue weighted by Gasteiger charge is 2.11. The van der Waals surface area contributed by atoms with Crippen molar-refractivity contribution in [3.8, 4) is 0 Å². The van der Waals surface area contributed by atoms with Gasteiger partial charge in [-0.25, -0.2) is 4.98 Å². The van der Waals surface area contributed by atoms with E-state index in [9.17, 15) is 4.79 Å². The summed E-state index contributed by atoms with van der Waals surface area (Å²) >= 11 is 1.65. The van der Waals surface area contributed by atoms with Crippen LogP contribution < -0.4 is 10.2 Å². The lowest BCUT2D eigenvalue weighted by Gasteiger charge is -2.23. The van der Waals surface area contributed by atoms with Crippen molar-refractivity contribution in [2.45, 2.75) is 33.2 Å².